The van der Waals surface area contributed by atoms with Gasteiger partial charge < -0.3 is 0 Å². The monoisotopic (exact) mass is 244 g/mol. The van der Waals surface area contributed by atoms with Gasteiger partial charge in [-0.3, -0.25) is 4.79 Å². The third-order valence-electron chi connectivity index (χ3n) is 2.18. The highest BCUT2D eigenvalue weighted by Gasteiger charge is 2.04. The van der Waals surface area contributed by atoms with E-state index in [4.69, 9.17) is 0 Å². The summed E-state index contributed by atoms with van der Waals surface area (Å²) in [4.78, 5) is 19.6. The largest absolute Gasteiger partial charge is 0.298 e. The Morgan fingerprint density at radius 1 is 1.18 bits per heavy atom. The van der Waals surface area contributed by atoms with Crippen LogP contribution >= 0.6 is 11.8 Å². The molecule has 2 rings (SSSR count). The quantitative estimate of drug-likeness (QED) is 0.598. The zero-order valence-electron chi connectivity index (χ0n) is 9.24. The van der Waals surface area contributed by atoms with Crippen molar-refractivity contribution in [1.29, 1.82) is 0 Å². The normalized spacial score (nSPS) is 10.1. The summed E-state index contributed by atoms with van der Waals surface area (Å²) in [6, 6.07) is 11.6. The number of hydrogen-bond donors (Lipinski definition) is 0. The number of carbonyl (C=O) groups excluding carboxylic acids is 1. The molecule has 17 heavy (non-hydrogen) atoms. The third-order valence-corrected chi connectivity index (χ3v) is 3.18. The second-order valence-corrected chi connectivity index (χ2v) is 4.53. The Morgan fingerprint density at radius 2 is 2.00 bits per heavy atom. The summed E-state index contributed by atoms with van der Waals surface area (Å²) in [6.07, 6.45) is 3.65. The first-order chi connectivity index (χ1) is 8.34. The first kappa shape index (κ1) is 11.8. The minimum Gasteiger partial charge on any atom is -0.298 e. The van der Waals surface area contributed by atoms with Crippen LogP contribution in [0.25, 0.3) is 0 Å². The standard InChI is InChI=1S/C13H12N2OS/c16-12(8-11-4-2-1-3-5-11)9-17-13-6-7-14-10-15-13/h1-7,10H,8-9H2. The van der Waals surface area contributed by atoms with Crippen LogP contribution in [-0.2, 0) is 11.2 Å². The van der Waals surface area contributed by atoms with E-state index in [0.29, 0.717) is 12.2 Å². The summed E-state index contributed by atoms with van der Waals surface area (Å²) in [5.74, 6) is 0.658. The fourth-order valence-corrected chi connectivity index (χ4v) is 2.08. The Bertz CT molecular complexity index is 473. The van der Waals surface area contributed by atoms with Crippen LogP contribution in [0, 0.1) is 0 Å². The van der Waals surface area contributed by atoms with E-state index in [1.165, 1.54) is 18.1 Å². The molecular formula is C13H12N2OS. The second-order valence-electron chi connectivity index (χ2n) is 3.54. The molecule has 0 aliphatic heterocycles. The molecule has 0 atom stereocenters. The van der Waals surface area contributed by atoms with E-state index >= 15 is 0 Å². The molecule has 1 aromatic heterocycles. The second kappa shape index (κ2) is 6.15. The molecule has 1 heterocycles. The smallest absolute Gasteiger partial charge is 0.147 e. The van der Waals surface area contributed by atoms with Gasteiger partial charge in [0.05, 0.1) is 10.8 Å². The van der Waals surface area contributed by atoms with Crippen LogP contribution in [0.15, 0.2) is 53.9 Å². The molecule has 0 fully saturated rings. The maximum Gasteiger partial charge on any atom is 0.147 e. The first-order valence-electron chi connectivity index (χ1n) is 5.29. The number of carbonyl (C=O) groups is 1. The number of Topliss-reactive ketones (excluding diaryl/α,β-unsaturated/α-hetero) is 1. The molecule has 1 aromatic carbocycles. The fourth-order valence-electron chi connectivity index (χ4n) is 1.39. The van der Waals surface area contributed by atoms with Crippen molar-refractivity contribution in [2.45, 2.75) is 11.4 Å². The molecular weight excluding hydrogens is 232 g/mol. The van der Waals surface area contributed by atoms with Gasteiger partial charge in [0.2, 0.25) is 0 Å². The van der Waals surface area contributed by atoms with Gasteiger partial charge in [-0.25, -0.2) is 9.97 Å². The fraction of sp³-hybridized carbons (Fsp3) is 0.154. The lowest BCUT2D eigenvalue weighted by Crippen LogP contribution is -2.05. The van der Waals surface area contributed by atoms with E-state index in [1.807, 2.05) is 30.3 Å². The molecule has 0 N–H and O–H groups in total. The van der Waals surface area contributed by atoms with Crippen molar-refractivity contribution >= 4 is 17.5 Å². The van der Waals surface area contributed by atoms with Crippen molar-refractivity contribution in [1.82, 2.24) is 9.97 Å². The van der Waals surface area contributed by atoms with Crippen LogP contribution in [0.4, 0.5) is 0 Å². The number of aromatic nitrogens is 2. The topological polar surface area (TPSA) is 42.9 Å². The molecule has 0 amide bonds. The Labute approximate surface area is 104 Å². The third kappa shape index (κ3) is 4.00. The molecule has 86 valence electrons. The van der Waals surface area contributed by atoms with E-state index in [-0.39, 0.29) is 5.78 Å². The van der Waals surface area contributed by atoms with Crippen LogP contribution in [0.5, 0.6) is 0 Å². The first-order valence-corrected chi connectivity index (χ1v) is 6.27. The number of thioether (sulfide) groups is 1. The molecule has 0 aliphatic rings. The molecule has 4 heteroatoms. The predicted molar refractivity (Wildman–Crippen MR) is 67.9 cm³/mol. The van der Waals surface area contributed by atoms with E-state index < -0.39 is 0 Å². The lowest BCUT2D eigenvalue weighted by molar-refractivity contribution is -0.116. The van der Waals surface area contributed by atoms with Crippen molar-refractivity contribution in [3.63, 3.8) is 0 Å². The van der Waals surface area contributed by atoms with Crippen LogP contribution in [-0.4, -0.2) is 21.5 Å². The molecule has 0 unspecified atom stereocenters. The summed E-state index contributed by atoms with van der Waals surface area (Å²) >= 11 is 1.45. The molecule has 0 spiro atoms. The van der Waals surface area contributed by atoms with Crippen LogP contribution in [0.3, 0.4) is 0 Å². The average Bonchev–Trinajstić information content (AvgIpc) is 2.39. The van der Waals surface area contributed by atoms with Crippen LogP contribution < -0.4 is 0 Å². The molecule has 3 nitrogen and oxygen atoms in total. The minimum absolute atomic E-state index is 0.208. The molecule has 0 bridgehead atoms. The van der Waals surface area contributed by atoms with Gasteiger partial charge in [0.15, 0.2) is 0 Å². The van der Waals surface area contributed by atoms with E-state index in [1.54, 1.807) is 12.3 Å². The summed E-state index contributed by atoms with van der Waals surface area (Å²) in [7, 11) is 0. The van der Waals surface area contributed by atoms with E-state index in [0.717, 1.165) is 10.6 Å². The summed E-state index contributed by atoms with van der Waals surface area (Å²) in [5, 5.41) is 0.835. The van der Waals surface area contributed by atoms with Crippen molar-refractivity contribution in [3.8, 4) is 0 Å². The lowest BCUT2D eigenvalue weighted by atomic mass is 10.1. The SMILES string of the molecule is O=C(CSc1ccncn1)Cc1ccccc1. The molecule has 0 saturated heterocycles. The van der Waals surface area contributed by atoms with Gasteiger partial charge in [0.25, 0.3) is 0 Å². The molecule has 2 aromatic rings. The lowest BCUT2D eigenvalue weighted by Gasteiger charge is -2.00. The van der Waals surface area contributed by atoms with Crippen molar-refractivity contribution in [2.75, 3.05) is 5.75 Å². The van der Waals surface area contributed by atoms with Gasteiger partial charge in [-0.15, -0.1) is 0 Å². The summed E-state index contributed by atoms with van der Waals surface area (Å²) in [6.45, 7) is 0. The maximum atomic E-state index is 11.7. The van der Waals surface area contributed by atoms with Crippen molar-refractivity contribution in [3.05, 3.63) is 54.5 Å². The predicted octanol–water partition coefficient (Wildman–Crippen LogP) is 2.38. The van der Waals surface area contributed by atoms with Gasteiger partial charge in [0.1, 0.15) is 12.1 Å². The Hall–Kier alpha value is -1.68. The van der Waals surface area contributed by atoms with Crippen molar-refractivity contribution < 1.29 is 4.79 Å². The summed E-state index contributed by atoms with van der Waals surface area (Å²) < 4.78 is 0. The van der Waals surface area contributed by atoms with E-state index in [9.17, 15) is 4.79 Å². The zero-order valence-corrected chi connectivity index (χ0v) is 10.1. The van der Waals surface area contributed by atoms with Gasteiger partial charge in [-0.1, -0.05) is 42.1 Å². The Balaban J connectivity index is 1.83. The maximum absolute atomic E-state index is 11.7. The van der Waals surface area contributed by atoms with Crippen molar-refractivity contribution in [2.24, 2.45) is 0 Å². The highest BCUT2D eigenvalue weighted by atomic mass is 32.2. The molecule has 0 aliphatic carbocycles. The average molecular weight is 244 g/mol. The Kier molecular flexibility index (Phi) is 4.27. The number of nitrogens with zero attached hydrogens (tertiary/aromatic N) is 2. The van der Waals surface area contributed by atoms with Gasteiger partial charge >= 0.3 is 0 Å². The zero-order chi connectivity index (χ0) is 11.9. The molecule has 0 radical (unpaired) electrons. The Morgan fingerprint density at radius 3 is 2.71 bits per heavy atom. The number of rotatable bonds is 5. The number of ketones is 1. The number of hydrogen-bond acceptors (Lipinski definition) is 4. The van der Waals surface area contributed by atoms with Gasteiger partial charge in [-0.2, -0.15) is 0 Å². The minimum atomic E-state index is 0.208. The molecule has 0 saturated carbocycles. The summed E-state index contributed by atoms with van der Waals surface area (Å²) in [5.41, 5.74) is 1.06. The highest BCUT2D eigenvalue weighted by molar-refractivity contribution is 7.99. The van der Waals surface area contributed by atoms with Crippen LogP contribution in [0.2, 0.25) is 0 Å². The van der Waals surface area contributed by atoms with E-state index in [2.05, 4.69) is 9.97 Å². The van der Waals surface area contributed by atoms with Gasteiger partial charge in [-0.05, 0) is 11.6 Å². The highest BCUT2D eigenvalue weighted by Crippen LogP contribution is 2.14. The number of benzene rings is 1. The van der Waals surface area contributed by atoms with Crippen LogP contribution in [0.1, 0.15) is 5.56 Å². The van der Waals surface area contributed by atoms with Gasteiger partial charge in [0, 0.05) is 12.6 Å².